The van der Waals surface area contributed by atoms with Gasteiger partial charge in [0.25, 0.3) is 0 Å². The Hall–Kier alpha value is -1.18. The minimum atomic E-state index is -3.44. The second-order valence-corrected chi connectivity index (χ2v) is 6.66. The number of anilines is 1. The summed E-state index contributed by atoms with van der Waals surface area (Å²) in [6.45, 7) is 1.79. The van der Waals surface area contributed by atoms with Gasteiger partial charge in [0, 0.05) is 12.2 Å². The normalized spacial score (nSPS) is 11.7. The van der Waals surface area contributed by atoms with Crippen LogP contribution in [0.1, 0.15) is 13.3 Å². The predicted octanol–water partition coefficient (Wildman–Crippen LogP) is 2.09. The van der Waals surface area contributed by atoms with Crippen molar-refractivity contribution in [3.05, 3.63) is 29.0 Å². The zero-order valence-corrected chi connectivity index (χ0v) is 12.8. The summed E-state index contributed by atoms with van der Waals surface area (Å²) in [6, 6.07) is 3.74. The minimum absolute atomic E-state index is 0.115. The number of nitrogens with one attached hydrogen (secondary N) is 1. The van der Waals surface area contributed by atoms with Gasteiger partial charge < -0.3 is 5.32 Å². The number of hydrogen-bond acceptors (Lipinski definition) is 3. The summed E-state index contributed by atoms with van der Waals surface area (Å²) in [5, 5.41) is 2.36. The quantitative estimate of drug-likeness (QED) is 0.872. The van der Waals surface area contributed by atoms with E-state index in [4.69, 9.17) is 11.6 Å². The molecule has 20 heavy (non-hydrogen) atoms. The lowest BCUT2D eigenvalue weighted by Crippen LogP contribution is -2.37. The fourth-order valence-corrected chi connectivity index (χ4v) is 2.59. The highest BCUT2D eigenvalue weighted by atomic mass is 35.5. The van der Waals surface area contributed by atoms with Crippen molar-refractivity contribution in [1.82, 2.24) is 4.31 Å². The Morgan fingerprint density at radius 1 is 1.45 bits per heavy atom. The van der Waals surface area contributed by atoms with Gasteiger partial charge in [0.1, 0.15) is 5.82 Å². The molecule has 1 aromatic rings. The molecule has 0 bridgehead atoms. The summed E-state index contributed by atoms with van der Waals surface area (Å²) < 4.78 is 37.0. The summed E-state index contributed by atoms with van der Waals surface area (Å²) in [4.78, 5) is 11.8. The highest BCUT2D eigenvalue weighted by Gasteiger charge is 2.19. The number of rotatable bonds is 6. The van der Waals surface area contributed by atoms with Crippen LogP contribution >= 0.6 is 11.6 Å². The molecule has 0 heterocycles. The number of hydrogen-bond donors (Lipinski definition) is 1. The summed E-state index contributed by atoms with van der Waals surface area (Å²) in [7, 11) is -3.44. The molecule has 1 amide bonds. The van der Waals surface area contributed by atoms with E-state index in [1.54, 1.807) is 0 Å². The Bertz CT molecular complexity index is 592. The first-order valence-electron chi connectivity index (χ1n) is 5.94. The van der Waals surface area contributed by atoms with Crippen molar-refractivity contribution < 1.29 is 17.6 Å². The lowest BCUT2D eigenvalue weighted by Gasteiger charge is -2.18. The topological polar surface area (TPSA) is 66.5 Å². The van der Waals surface area contributed by atoms with Crippen molar-refractivity contribution >= 4 is 33.2 Å². The van der Waals surface area contributed by atoms with Crippen LogP contribution in [0.25, 0.3) is 0 Å². The molecule has 112 valence electrons. The van der Waals surface area contributed by atoms with Crippen molar-refractivity contribution in [2.24, 2.45) is 0 Å². The molecule has 1 N–H and O–H groups in total. The van der Waals surface area contributed by atoms with Gasteiger partial charge >= 0.3 is 0 Å². The number of nitrogens with zero attached hydrogens (tertiary/aromatic N) is 1. The van der Waals surface area contributed by atoms with Gasteiger partial charge in [-0.25, -0.2) is 12.8 Å². The van der Waals surface area contributed by atoms with Crippen LogP contribution in [-0.2, 0) is 14.8 Å². The molecule has 1 aromatic carbocycles. The van der Waals surface area contributed by atoms with Gasteiger partial charge in [0.2, 0.25) is 15.9 Å². The maximum atomic E-state index is 13.0. The summed E-state index contributed by atoms with van der Waals surface area (Å²) >= 11 is 5.59. The lowest BCUT2D eigenvalue weighted by molar-refractivity contribution is -0.116. The molecule has 0 saturated carbocycles. The molecule has 0 spiro atoms. The van der Waals surface area contributed by atoms with Gasteiger partial charge in [0.15, 0.2) is 0 Å². The Labute approximate surface area is 122 Å². The summed E-state index contributed by atoms with van der Waals surface area (Å²) in [5.41, 5.74) is 0.311. The number of halogens is 2. The second kappa shape index (κ2) is 7.01. The van der Waals surface area contributed by atoms with Crippen LogP contribution in [0.5, 0.6) is 0 Å². The third kappa shape index (κ3) is 5.07. The predicted molar refractivity (Wildman–Crippen MR) is 76.7 cm³/mol. The molecule has 0 aliphatic carbocycles. The molecule has 0 unspecified atom stereocenters. The number of carbonyl (C=O) groups is 1. The Balaban J connectivity index is 2.73. The highest BCUT2D eigenvalue weighted by Crippen LogP contribution is 2.19. The first-order chi connectivity index (χ1) is 9.24. The van der Waals surface area contributed by atoms with Gasteiger partial charge in [-0.2, -0.15) is 4.31 Å². The third-order valence-electron chi connectivity index (χ3n) is 2.47. The average molecular weight is 323 g/mol. The smallest absolute Gasteiger partial charge is 0.239 e. The molecule has 8 heteroatoms. The molecular weight excluding hydrogens is 307 g/mol. The van der Waals surface area contributed by atoms with Crippen LogP contribution in [0, 0.1) is 5.82 Å². The lowest BCUT2D eigenvalue weighted by atomic mass is 10.3. The van der Waals surface area contributed by atoms with Crippen molar-refractivity contribution in [2.45, 2.75) is 13.3 Å². The summed E-state index contributed by atoms with van der Waals surface area (Å²) in [6.07, 6.45) is 1.65. The number of sulfonamides is 1. The molecule has 0 aliphatic heterocycles. The van der Waals surface area contributed by atoms with Crippen LogP contribution < -0.4 is 5.32 Å². The first kappa shape index (κ1) is 16.9. The Morgan fingerprint density at radius 2 is 2.10 bits per heavy atom. The van der Waals surface area contributed by atoms with Gasteiger partial charge in [-0.15, -0.1) is 0 Å². The van der Waals surface area contributed by atoms with Crippen LogP contribution in [0.2, 0.25) is 5.02 Å². The zero-order valence-electron chi connectivity index (χ0n) is 11.2. The Kier molecular flexibility index (Phi) is 5.91. The maximum absolute atomic E-state index is 13.0. The van der Waals surface area contributed by atoms with Crippen LogP contribution in [0.3, 0.4) is 0 Å². The van der Waals surface area contributed by atoms with Crippen molar-refractivity contribution in [1.29, 1.82) is 0 Å². The van der Waals surface area contributed by atoms with Crippen LogP contribution in [0.4, 0.5) is 10.1 Å². The largest absolute Gasteiger partial charge is 0.325 e. The maximum Gasteiger partial charge on any atom is 0.239 e. The molecule has 0 atom stereocenters. The fraction of sp³-hybridized carbons (Fsp3) is 0.417. The van der Waals surface area contributed by atoms with Crippen LogP contribution in [0.15, 0.2) is 18.2 Å². The second-order valence-electron chi connectivity index (χ2n) is 4.27. The van der Waals surface area contributed by atoms with E-state index >= 15 is 0 Å². The third-order valence-corrected chi connectivity index (χ3v) is 4.00. The number of amides is 1. The van der Waals surface area contributed by atoms with E-state index in [-0.39, 0.29) is 18.1 Å². The van der Waals surface area contributed by atoms with Crippen molar-refractivity contribution in [3.63, 3.8) is 0 Å². The van der Waals surface area contributed by atoms with Gasteiger partial charge in [-0.1, -0.05) is 18.5 Å². The SMILES string of the molecule is CCCN(CC(=O)Nc1ccc(F)c(Cl)c1)S(C)(=O)=O. The molecule has 0 fully saturated rings. The van der Waals surface area contributed by atoms with E-state index in [1.807, 2.05) is 6.92 Å². The molecule has 5 nitrogen and oxygen atoms in total. The van der Waals surface area contributed by atoms with E-state index < -0.39 is 21.7 Å². The van der Waals surface area contributed by atoms with E-state index in [1.165, 1.54) is 12.1 Å². The van der Waals surface area contributed by atoms with Gasteiger partial charge in [-0.3, -0.25) is 4.79 Å². The molecule has 0 aromatic heterocycles. The van der Waals surface area contributed by atoms with E-state index in [0.29, 0.717) is 12.1 Å². The monoisotopic (exact) mass is 322 g/mol. The van der Waals surface area contributed by atoms with E-state index in [2.05, 4.69) is 5.32 Å². The fourth-order valence-electron chi connectivity index (χ4n) is 1.55. The molecule has 0 aliphatic rings. The van der Waals surface area contributed by atoms with Crippen LogP contribution in [-0.4, -0.2) is 38.0 Å². The average Bonchev–Trinajstić information content (AvgIpc) is 2.32. The first-order valence-corrected chi connectivity index (χ1v) is 8.16. The molecule has 1 rings (SSSR count). The highest BCUT2D eigenvalue weighted by molar-refractivity contribution is 7.88. The number of benzene rings is 1. The standard InChI is InChI=1S/C12H16ClFN2O3S/c1-3-6-16(20(2,18)19)8-12(17)15-9-4-5-11(14)10(13)7-9/h4-5,7H,3,6,8H2,1-2H3,(H,15,17). The summed E-state index contributed by atoms with van der Waals surface area (Å²) in [5.74, 6) is -1.10. The molecule has 0 radical (unpaired) electrons. The van der Waals surface area contributed by atoms with Crippen molar-refractivity contribution in [3.8, 4) is 0 Å². The molecule has 0 saturated heterocycles. The molecular formula is C12H16ClFN2O3S. The number of carbonyl (C=O) groups excluding carboxylic acids is 1. The van der Waals surface area contributed by atoms with Gasteiger partial charge in [0.05, 0.1) is 17.8 Å². The minimum Gasteiger partial charge on any atom is -0.325 e. The zero-order chi connectivity index (χ0) is 15.3. The van der Waals surface area contributed by atoms with E-state index in [9.17, 15) is 17.6 Å². The Morgan fingerprint density at radius 3 is 2.60 bits per heavy atom. The van der Waals surface area contributed by atoms with Gasteiger partial charge in [-0.05, 0) is 24.6 Å². The van der Waals surface area contributed by atoms with E-state index in [0.717, 1.165) is 16.6 Å². The van der Waals surface area contributed by atoms with Crippen molar-refractivity contribution in [2.75, 3.05) is 24.7 Å².